The van der Waals surface area contributed by atoms with Crippen molar-refractivity contribution in [3.63, 3.8) is 0 Å². The number of aryl methyl sites for hydroxylation is 1. The van der Waals surface area contributed by atoms with Gasteiger partial charge in [-0.25, -0.2) is 0 Å². The van der Waals surface area contributed by atoms with E-state index in [1.165, 1.54) is 4.90 Å². The van der Waals surface area contributed by atoms with Gasteiger partial charge in [0.15, 0.2) is 0 Å². The number of benzene rings is 3. The normalized spacial score (nSPS) is 16.9. The molecular formula is C29H27Cl2NO5. The molecule has 8 heteroatoms. The van der Waals surface area contributed by atoms with Crippen molar-refractivity contribution >= 4 is 40.7 Å². The summed E-state index contributed by atoms with van der Waals surface area (Å²) in [5.74, 6) is -1.10. The molecule has 0 bridgehead atoms. The van der Waals surface area contributed by atoms with Gasteiger partial charge in [0, 0.05) is 25.8 Å². The van der Waals surface area contributed by atoms with E-state index in [0.29, 0.717) is 41.5 Å². The van der Waals surface area contributed by atoms with Gasteiger partial charge in [-0.3, -0.25) is 9.59 Å². The fraction of sp³-hybridized carbons (Fsp3) is 0.241. The number of carbonyl (C=O) groups is 2. The molecule has 37 heavy (non-hydrogen) atoms. The molecule has 1 aliphatic rings. The summed E-state index contributed by atoms with van der Waals surface area (Å²) in [4.78, 5) is 27.6. The molecule has 1 atom stereocenters. The second-order valence-corrected chi connectivity index (χ2v) is 9.57. The van der Waals surface area contributed by atoms with Crippen LogP contribution in [0.1, 0.15) is 34.7 Å². The number of nitrogens with zero attached hydrogens (tertiary/aromatic N) is 1. The van der Waals surface area contributed by atoms with E-state index < -0.39 is 17.7 Å². The molecule has 1 aliphatic heterocycles. The zero-order chi connectivity index (χ0) is 26.5. The summed E-state index contributed by atoms with van der Waals surface area (Å²) in [5.41, 5.74) is 3.17. The SMILES string of the molecule is COCCCN1C(=O)C(=O)C(=C(O)c2ccc(OCc3ccccc3C)cc2)C1c1ccc(Cl)c(Cl)c1. The molecule has 0 aromatic heterocycles. The molecule has 1 N–H and O–H groups in total. The van der Waals surface area contributed by atoms with Gasteiger partial charge in [0.05, 0.1) is 21.7 Å². The maximum atomic E-state index is 13.1. The predicted molar refractivity (Wildman–Crippen MR) is 144 cm³/mol. The number of hydrogen-bond acceptors (Lipinski definition) is 5. The number of ether oxygens (including phenoxy) is 2. The highest BCUT2D eigenvalue weighted by molar-refractivity contribution is 6.46. The van der Waals surface area contributed by atoms with Crippen LogP contribution in [0, 0.1) is 6.92 Å². The number of likely N-dealkylation sites (tertiary alicyclic amines) is 1. The van der Waals surface area contributed by atoms with Gasteiger partial charge in [-0.1, -0.05) is 53.5 Å². The largest absolute Gasteiger partial charge is 0.507 e. The molecule has 1 unspecified atom stereocenters. The molecule has 0 radical (unpaired) electrons. The lowest BCUT2D eigenvalue weighted by Gasteiger charge is -2.25. The van der Waals surface area contributed by atoms with Crippen molar-refractivity contribution in [2.75, 3.05) is 20.3 Å². The highest BCUT2D eigenvalue weighted by Gasteiger charge is 2.45. The first-order chi connectivity index (χ1) is 17.8. The van der Waals surface area contributed by atoms with E-state index in [-0.39, 0.29) is 22.9 Å². The zero-order valence-corrected chi connectivity index (χ0v) is 22.1. The van der Waals surface area contributed by atoms with Crippen molar-refractivity contribution in [3.05, 3.63) is 105 Å². The van der Waals surface area contributed by atoms with Crippen LogP contribution < -0.4 is 4.74 Å². The van der Waals surface area contributed by atoms with Crippen molar-refractivity contribution in [1.82, 2.24) is 4.90 Å². The fourth-order valence-corrected chi connectivity index (χ4v) is 4.62. The summed E-state index contributed by atoms with van der Waals surface area (Å²) in [7, 11) is 1.57. The molecule has 6 nitrogen and oxygen atoms in total. The first-order valence-corrected chi connectivity index (χ1v) is 12.6. The molecule has 192 valence electrons. The Labute approximate surface area is 226 Å². The number of aliphatic hydroxyl groups is 1. The number of halogens is 2. The molecule has 1 saturated heterocycles. The Morgan fingerprint density at radius 3 is 2.41 bits per heavy atom. The minimum absolute atomic E-state index is 0.00520. The third-order valence-corrected chi connectivity index (χ3v) is 7.07. The first kappa shape index (κ1) is 26.7. The monoisotopic (exact) mass is 539 g/mol. The lowest BCUT2D eigenvalue weighted by molar-refractivity contribution is -0.140. The van der Waals surface area contributed by atoms with E-state index in [4.69, 9.17) is 32.7 Å². The molecule has 1 heterocycles. The van der Waals surface area contributed by atoms with Crippen LogP contribution in [0.5, 0.6) is 5.75 Å². The summed E-state index contributed by atoms with van der Waals surface area (Å²) in [6.07, 6.45) is 0.522. The Kier molecular flexibility index (Phi) is 8.54. The predicted octanol–water partition coefficient (Wildman–Crippen LogP) is 6.34. The van der Waals surface area contributed by atoms with E-state index in [9.17, 15) is 14.7 Å². The number of ketones is 1. The number of rotatable bonds is 9. The van der Waals surface area contributed by atoms with E-state index in [1.54, 1.807) is 49.6 Å². The van der Waals surface area contributed by atoms with Gasteiger partial charge in [-0.15, -0.1) is 0 Å². The van der Waals surface area contributed by atoms with Gasteiger partial charge >= 0.3 is 0 Å². The van der Waals surface area contributed by atoms with E-state index >= 15 is 0 Å². The highest BCUT2D eigenvalue weighted by atomic mass is 35.5. The van der Waals surface area contributed by atoms with Crippen LogP contribution in [-0.4, -0.2) is 42.0 Å². The van der Waals surface area contributed by atoms with Crippen LogP contribution in [0.15, 0.2) is 72.3 Å². The zero-order valence-electron chi connectivity index (χ0n) is 20.5. The standard InChI is InChI=1S/C29H27Cl2NO5/c1-18-6-3-4-7-21(18)17-37-22-11-8-19(9-12-22)27(33)25-26(20-10-13-23(30)24(31)16-20)32(14-5-15-36-2)29(35)28(25)34/h3-4,6-13,16,26,33H,5,14-15,17H2,1-2H3. The molecule has 3 aromatic rings. The van der Waals surface area contributed by atoms with Crippen molar-refractivity contribution in [2.45, 2.75) is 26.0 Å². The summed E-state index contributed by atoms with van der Waals surface area (Å²) < 4.78 is 11.0. The minimum Gasteiger partial charge on any atom is -0.507 e. The number of aliphatic hydroxyl groups excluding tert-OH is 1. The Bertz CT molecular complexity index is 1340. The van der Waals surface area contributed by atoms with Gasteiger partial charge in [0.2, 0.25) is 0 Å². The maximum absolute atomic E-state index is 13.1. The Balaban J connectivity index is 1.66. The number of carbonyl (C=O) groups excluding carboxylic acids is 2. The van der Waals surface area contributed by atoms with Gasteiger partial charge in [0.1, 0.15) is 18.1 Å². The van der Waals surface area contributed by atoms with Gasteiger partial charge < -0.3 is 19.5 Å². The Morgan fingerprint density at radius 1 is 1.00 bits per heavy atom. The average molecular weight is 540 g/mol. The molecule has 0 saturated carbocycles. The Morgan fingerprint density at radius 2 is 1.73 bits per heavy atom. The smallest absolute Gasteiger partial charge is 0.295 e. The number of Topliss-reactive ketones (excluding diaryl/α,β-unsaturated/α-hetero) is 1. The van der Waals surface area contributed by atoms with Crippen molar-refractivity contribution < 1.29 is 24.2 Å². The number of methoxy groups -OCH3 is 1. The van der Waals surface area contributed by atoms with Crippen molar-refractivity contribution in [1.29, 1.82) is 0 Å². The fourth-order valence-electron chi connectivity index (χ4n) is 4.32. The Hall–Kier alpha value is -3.32. The molecule has 1 fully saturated rings. The van der Waals surface area contributed by atoms with Crippen LogP contribution in [0.25, 0.3) is 5.76 Å². The molecule has 1 amide bonds. The van der Waals surface area contributed by atoms with Crippen molar-refractivity contribution in [2.24, 2.45) is 0 Å². The maximum Gasteiger partial charge on any atom is 0.295 e. The minimum atomic E-state index is -0.816. The molecule has 0 aliphatic carbocycles. The second kappa shape index (κ2) is 11.8. The molecular weight excluding hydrogens is 513 g/mol. The molecule has 3 aromatic carbocycles. The average Bonchev–Trinajstić information content (AvgIpc) is 3.15. The molecule has 0 spiro atoms. The summed E-state index contributed by atoms with van der Waals surface area (Å²) in [6, 6.07) is 18.8. The first-order valence-electron chi connectivity index (χ1n) is 11.8. The van der Waals surface area contributed by atoms with Crippen LogP contribution in [0.4, 0.5) is 0 Å². The topological polar surface area (TPSA) is 76.1 Å². The lowest BCUT2D eigenvalue weighted by Crippen LogP contribution is -2.31. The van der Waals surface area contributed by atoms with Crippen LogP contribution in [0.2, 0.25) is 10.0 Å². The number of amides is 1. The highest BCUT2D eigenvalue weighted by Crippen LogP contribution is 2.41. The van der Waals surface area contributed by atoms with Gasteiger partial charge in [-0.2, -0.15) is 0 Å². The van der Waals surface area contributed by atoms with Crippen LogP contribution in [0.3, 0.4) is 0 Å². The molecule has 4 rings (SSSR count). The van der Waals surface area contributed by atoms with Crippen LogP contribution in [-0.2, 0) is 20.9 Å². The second-order valence-electron chi connectivity index (χ2n) is 8.75. The van der Waals surface area contributed by atoms with Gasteiger partial charge in [0.25, 0.3) is 11.7 Å². The summed E-state index contributed by atoms with van der Waals surface area (Å²) in [5, 5.41) is 11.9. The van der Waals surface area contributed by atoms with E-state index in [1.807, 2.05) is 31.2 Å². The number of hydrogen-bond donors (Lipinski definition) is 1. The van der Waals surface area contributed by atoms with Gasteiger partial charge in [-0.05, 0) is 66.4 Å². The van der Waals surface area contributed by atoms with Crippen LogP contribution >= 0.6 is 23.2 Å². The quantitative estimate of drug-likeness (QED) is 0.148. The summed E-state index contributed by atoms with van der Waals surface area (Å²) >= 11 is 12.3. The summed E-state index contributed by atoms with van der Waals surface area (Å²) in [6.45, 7) is 3.11. The van der Waals surface area contributed by atoms with E-state index in [2.05, 4.69) is 0 Å². The third kappa shape index (κ3) is 5.82. The third-order valence-electron chi connectivity index (χ3n) is 6.33. The lowest BCUT2D eigenvalue weighted by atomic mass is 9.95. The van der Waals surface area contributed by atoms with Crippen molar-refractivity contribution in [3.8, 4) is 5.75 Å². The van der Waals surface area contributed by atoms with E-state index in [0.717, 1.165) is 11.1 Å².